The first-order chi connectivity index (χ1) is 12.5. The van der Waals surface area contributed by atoms with E-state index in [1.54, 1.807) is 13.8 Å². The number of carbonyl (C=O) groups is 4. The third kappa shape index (κ3) is 7.89. The van der Waals surface area contributed by atoms with Gasteiger partial charge in [-0.05, 0) is 19.8 Å². The molecular weight excluding hydrogens is 360 g/mol. The van der Waals surface area contributed by atoms with E-state index >= 15 is 0 Å². The fourth-order valence-electron chi connectivity index (χ4n) is 2.02. The van der Waals surface area contributed by atoms with Crippen LogP contribution in [0.15, 0.2) is 0 Å². The van der Waals surface area contributed by atoms with Crippen LogP contribution in [0, 0.1) is 5.92 Å². The Kier molecular flexibility index (Phi) is 10.5. The number of amides is 3. The van der Waals surface area contributed by atoms with Crippen LogP contribution in [0.5, 0.6) is 0 Å². The smallest absolute Gasteiger partial charge is 0.326 e. The summed E-state index contributed by atoms with van der Waals surface area (Å²) in [5, 5.41) is 34.6. The molecule has 0 spiro atoms. The summed E-state index contributed by atoms with van der Waals surface area (Å²) in [5.41, 5.74) is 5.46. The molecule has 0 saturated heterocycles. The van der Waals surface area contributed by atoms with Crippen LogP contribution in [0.2, 0.25) is 0 Å². The van der Waals surface area contributed by atoms with E-state index in [1.807, 2.05) is 0 Å². The van der Waals surface area contributed by atoms with Crippen molar-refractivity contribution >= 4 is 23.7 Å². The molecule has 11 heteroatoms. The molecule has 0 saturated carbocycles. The summed E-state index contributed by atoms with van der Waals surface area (Å²) in [6, 6.07) is -4.90. The maximum Gasteiger partial charge on any atom is 0.326 e. The number of nitrogens with two attached hydrogens (primary N) is 1. The second-order valence-electron chi connectivity index (χ2n) is 6.45. The van der Waals surface area contributed by atoms with Crippen molar-refractivity contribution < 1.29 is 34.5 Å². The lowest BCUT2D eigenvalue weighted by Gasteiger charge is -2.24. The fraction of sp³-hybridized carbons (Fsp3) is 0.750. The van der Waals surface area contributed by atoms with Crippen molar-refractivity contribution in [3.63, 3.8) is 0 Å². The zero-order valence-electron chi connectivity index (χ0n) is 15.9. The molecule has 8 N–H and O–H groups in total. The summed E-state index contributed by atoms with van der Waals surface area (Å²) in [5.74, 6) is -4.00. The number of hydrogen-bond donors (Lipinski definition) is 7. The molecule has 0 heterocycles. The first-order valence-corrected chi connectivity index (χ1v) is 8.64. The molecule has 11 nitrogen and oxygen atoms in total. The largest absolute Gasteiger partial charge is 0.480 e. The van der Waals surface area contributed by atoms with E-state index in [1.165, 1.54) is 13.8 Å². The number of aliphatic hydroxyl groups excluding tert-OH is 2. The van der Waals surface area contributed by atoms with E-state index < -0.39 is 60.6 Å². The highest BCUT2D eigenvalue weighted by Crippen LogP contribution is 2.08. The van der Waals surface area contributed by atoms with Crippen LogP contribution < -0.4 is 21.7 Å². The Morgan fingerprint density at radius 1 is 0.963 bits per heavy atom. The summed E-state index contributed by atoms with van der Waals surface area (Å²) in [6.45, 7) is 5.29. The molecule has 0 aliphatic heterocycles. The Morgan fingerprint density at radius 3 is 1.93 bits per heavy atom. The first-order valence-electron chi connectivity index (χ1n) is 8.64. The van der Waals surface area contributed by atoms with Crippen LogP contribution in [0.4, 0.5) is 0 Å². The normalized spacial score (nSPS) is 17.6. The topological polar surface area (TPSA) is 191 Å². The van der Waals surface area contributed by atoms with Crippen LogP contribution in [0.3, 0.4) is 0 Å². The van der Waals surface area contributed by atoms with Crippen molar-refractivity contribution in [3.8, 4) is 0 Å². The molecule has 0 aliphatic carbocycles. The van der Waals surface area contributed by atoms with Gasteiger partial charge in [-0.3, -0.25) is 14.4 Å². The number of aliphatic hydroxyl groups is 2. The van der Waals surface area contributed by atoms with E-state index in [2.05, 4.69) is 16.0 Å². The molecule has 6 atom stereocenters. The lowest BCUT2D eigenvalue weighted by Crippen LogP contribution is -2.58. The number of hydrogen-bond acceptors (Lipinski definition) is 7. The van der Waals surface area contributed by atoms with Gasteiger partial charge >= 0.3 is 5.97 Å². The molecule has 0 fully saturated rings. The predicted molar refractivity (Wildman–Crippen MR) is 95.3 cm³/mol. The highest BCUT2D eigenvalue weighted by molar-refractivity contribution is 5.94. The van der Waals surface area contributed by atoms with E-state index in [-0.39, 0.29) is 5.92 Å². The maximum absolute atomic E-state index is 12.2. The summed E-state index contributed by atoms with van der Waals surface area (Å²) < 4.78 is 0. The zero-order chi connectivity index (χ0) is 21.3. The molecule has 0 aromatic heterocycles. The van der Waals surface area contributed by atoms with Gasteiger partial charge in [0.05, 0.1) is 12.7 Å². The minimum Gasteiger partial charge on any atom is -0.480 e. The van der Waals surface area contributed by atoms with Crippen LogP contribution in [0.1, 0.15) is 34.1 Å². The quantitative estimate of drug-likeness (QED) is 0.198. The zero-order valence-corrected chi connectivity index (χ0v) is 15.9. The maximum atomic E-state index is 12.2. The van der Waals surface area contributed by atoms with Gasteiger partial charge in [-0.1, -0.05) is 20.3 Å². The number of aliphatic carboxylic acids is 1. The fourth-order valence-corrected chi connectivity index (χ4v) is 2.02. The van der Waals surface area contributed by atoms with E-state index in [0.717, 1.165) is 0 Å². The second-order valence-corrected chi connectivity index (χ2v) is 6.45. The molecule has 6 unspecified atom stereocenters. The van der Waals surface area contributed by atoms with Crippen LogP contribution in [-0.4, -0.2) is 75.9 Å². The molecule has 0 radical (unpaired) electrons. The summed E-state index contributed by atoms with van der Waals surface area (Å²) in [7, 11) is 0. The van der Waals surface area contributed by atoms with Gasteiger partial charge in [-0.25, -0.2) is 4.79 Å². The van der Waals surface area contributed by atoms with Gasteiger partial charge in [0.15, 0.2) is 0 Å². The Hall–Kier alpha value is -2.24. The van der Waals surface area contributed by atoms with Gasteiger partial charge in [0.25, 0.3) is 0 Å². The third-order valence-corrected chi connectivity index (χ3v) is 4.17. The molecule has 0 aromatic carbocycles. The van der Waals surface area contributed by atoms with Crippen molar-refractivity contribution in [2.45, 2.75) is 64.4 Å². The van der Waals surface area contributed by atoms with Crippen molar-refractivity contribution in [1.29, 1.82) is 0 Å². The molecular formula is C16H30N4O7. The van der Waals surface area contributed by atoms with E-state index in [4.69, 9.17) is 5.73 Å². The SMILES string of the molecule is CCC(C)C(NC(=O)C(CO)NC(=O)C(C)NC(=O)C(N)C(C)O)C(=O)O. The van der Waals surface area contributed by atoms with Crippen LogP contribution in [-0.2, 0) is 19.2 Å². The average Bonchev–Trinajstić information content (AvgIpc) is 2.61. The monoisotopic (exact) mass is 390 g/mol. The van der Waals surface area contributed by atoms with Gasteiger partial charge in [0.2, 0.25) is 17.7 Å². The molecule has 0 aliphatic rings. The number of carboxylic acids is 1. The average molecular weight is 390 g/mol. The number of carboxylic acid groups (broad SMARTS) is 1. The van der Waals surface area contributed by atoms with Crippen LogP contribution >= 0.6 is 0 Å². The van der Waals surface area contributed by atoms with Gasteiger partial charge in [-0.2, -0.15) is 0 Å². The van der Waals surface area contributed by atoms with Crippen molar-refractivity contribution in [2.24, 2.45) is 11.7 Å². The standard InChI is InChI=1S/C16H30N4O7/c1-5-7(2)12(16(26)27)20-14(24)10(6-21)19-13(23)8(3)18-15(25)11(17)9(4)22/h7-12,21-22H,5-6,17H2,1-4H3,(H,18,25)(H,19,23)(H,20,24)(H,26,27). The predicted octanol–water partition coefficient (Wildman–Crippen LogP) is -2.71. The second kappa shape index (κ2) is 11.5. The Morgan fingerprint density at radius 2 is 1.52 bits per heavy atom. The van der Waals surface area contributed by atoms with Gasteiger partial charge in [-0.15, -0.1) is 0 Å². The lowest BCUT2D eigenvalue weighted by molar-refractivity contribution is -0.144. The Bertz CT molecular complexity index is 541. The minimum atomic E-state index is -1.40. The van der Waals surface area contributed by atoms with Crippen molar-refractivity contribution in [3.05, 3.63) is 0 Å². The van der Waals surface area contributed by atoms with Crippen molar-refractivity contribution in [2.75, 3.05) is 6.61 Å². The molecule has 0 aromatic rings. The number of nitrogens with one attached hydrogen (secondary N) is 3. The highest BCUT2D eigenvalue weighted by Gasteiger charge is 2.30. The van der Waals surface area contributed by atoms with Crippen LogP contribution in [0.25, 0.3) is 0 Å². The lowest BCUT2D eigenvalue weighted by atomic mass is 9.99. The Labute approximate surface area is 157 Å². The van der Waals surface area contributed by atoms with Gasteiger partial charge in [0.1, 0.15) is 24.2 Å². The summed E-state index contributed by atoms with van der Waals surface area (Å²) >= 11 is 0. The molecule has 0 rings (SSSR count). The Balaban J connectivity index is 4.89. The molecule has 156 valence electrons. The van der Waals surface area contributed by atoms with E-state index in [9.17, 15) is 34.5 Å². The first kappa shape index (κ1) is 24.8. The molecule has 0 bridgehead atoms. The number of rotatable bonds is 11. The van der Waals surface area contributed by atoms with E-state index in [0.29, 0.717) is 6.42 Å². The highest BCUT2D eigenvalue weighted by atomic mass is 16.4. The minimum absolute atomic E-state index is 0.360. The summed E-state index contributed by atoms with van der Waals surface area (Å²) in [4.78, 5) is 47.3. The van der Waals surface area contributed by atoms with Gasteiger partial charge < -0.3 is 37.0 Å². The third-order valence-electron chi connectivity index (χ3n) is 4.17. The number of carbonyl (C=O) groups excluding carboxylic acids is 3. The van der Waals surface area contributed by atoms with Crippen molar-refractivity contribution in [1.82, 2.24) is 16.0 Å². The van der Waals surface area contributed by atoms with Gasteiger partial charge in [0, 0.05) is 0 Å². The summed E-state index contributed by atoms with van der Waals surface area (Å²) in [6.07, 6.45) is -0.621. The molecule has 27 heavy (non-hydrogen) atoms. The molecule has 3 amide bonds.